The minimum Gasteiger partial charge on any atom is -0.469 e. The van der Waals surface area contributed by atoms with Crippen LogP contribution in [0.4, 0.5) is 0 Å². The number of aliphatic imine (C=N–C) groups is 1. The number of halogens is 2. The number of esters is 1. The van der Waals surface area contributed by atoms with Gasteiger partial charge in [-0.2, -0.15) is 0 Å². The van der Waals surface area contributed by atoms with Gasteiger partial charge in [-0.05, 0) is 40.9 Å². The van der Waals surface area contributed by atoms with E-state index in [1.807, 2.05) is 6.07 Å². The van der Waals surface area contributed by atoms with Gasteiger partial charge in [0.25, 0.3) is 0 Å². The number of thiophene rings is 1. The van der Waals surface area contributed by atoms with Crippen LogP contribution in [0.5, 0.6) is 0 Å². The van der Waals surface area contributed by atoms with Crippen molar-refractivity contribution in [2.75, 3.05) is 27.2 Å². The lowest BCUT2D eigenvalue weighted by Gasteiger charge is -2.33. The van der Waals surface area contributed by atoms with Crippen LogP contribution in [0.1, 0.15) is 17.7 Å². The Bertz CT molecular complexity index is 516. The van der Waals surface area contributed by atoms with Crippen molar-refractivity contribution in [2.45, 2.75) is 19.4 Å². The van der Waals surface area contributed by atoms with E-state index in [4.69, 9.17) is 4.74 Å². The van der Waals surface area contributed by atoms with Gasteiger partial charge >= 0.3 is 5.97 Å². The van der Waals surface area contributed by atoms with Crippen LogP contribution in [-0.2, 0) is 16.1 Å². The number of nitrogens with zero attached hydrogens (tertiary/aromatic N) is 2. The summed E-state index contributed by atoms with van der Waals surface area (Å²) in [6, 6.07) is 4.14. The van der Waals surface area contributed by atoms with Crippen LogP contribution in [0.2, 0.25) is 0 Å². The molecule has 2 heterocycles. The first-order valence-electron chi connectivity index (χ1n) is 6.91. The molecule has 2 rings (SSSR count). The Morgan fingerprint density at radius 1 is 1.50 bits per heavy atom. The fourth-order valence-corrected chi connectivity index (χ4v) is 3.86. The smallest absolute Gasteiger partial charge is 0.308 e. The quantitative estimate of drug-likeness (QED) is 0.299. The van der Waals surface area contributed by atoms with Gasteiger partial charge in [0.2, 0.25) is 0 Å². The highest BCUT2D eigenvalue weighted by Gasteiger charge is 2.26. The number of hydrogen-bond donors (Lipinski definition) is 1. The van der Waals surface area contributed by atoms with Crippen molar-refractivity contribution in [3.05, 3.63) is 20.8 Å². The van der Waals surface area contributed by atoms with E-state index in [-0.39, 0.29) is 35.9 Å². The van der Waals surface area contributed by atoms with E-state index in [9.17, 15) is 4.79 Å². The van der Waals surface area contributed by atoms with E-state index in [0.29, 0.717) is 0 Å². The monoisotopic (exact) mass is 501 g/mol. The minimum atomic E-state index is -0.0963. The van der Waals surface area contributed by atoms with Crippen molar-refractivity contribution in [3.8, 4) is 0 Å². The average Bonchev–Trinajstić information content (AvgIpc) is 2.93. The van der Waals surface area contributed by atoms with Gasteiger partial charge in [0.05, 0.1) is 23.4 Å². The summed E-state index contributed by atoms with van der Waals surface area (Å²) in [6.07, 6.45) is 1.63. The minimum absolute atomic E-state index is 0. The molecule has 0 aliphatic carbocycles. The summed E-state index contributed by atoms with van der Waals surface area (Å²) in [5.74, 6) is 0.821. The normalized spacial score (nSPS) is 16.1. The van der Waals surface area contributed by atoms with Crippen molar-refractivity contribution in [1.82, 2.24) is 10.2 Å². The Hall–Kier alpha value is -0.350. The summed E-state index contributed by atoms with van der Waals surface area (Å²) in [5, 5.41) is 3.38. The molecule has 1 N–H and O–H groups in total. The molecule has 0 radical (unpaired) electrons. The van der Waals surface area contributed by atoms with Gasteiger partial charge in [0, 0.05) is 25.0 Å². The van der Waals surface area contributed by atoms with Gasteiger partial charge in [0.15, 0.2) is 5.96 Å². The average molecular weight is 502 g/mol. The summed E-state index contributed by atoms with van der Waals surface area (Å²) < 4.78 is 5.95. The fraction of sp³-hybridized carbons (Fsp3) is 0.571. The third kappa shape index (κ3) is 5.38. The number of carbonyl (C=O) groups excluding carboxylic acids is 1. The van der Waals surface area contributed by atoms with Crippen molar-refractivity contribution in [1.29, 1.82) is 0 Å². The zero-order chi connectivity index (χ0) is 15.2. The van der Waals surface area contributed by atoms with Crippen LogP contribution < -0.4 is 5.32 Å². The summed E-state index contributed by atoms with van der Waals surface area (Å²) in [7, 11) is 3.24. The molecule has 1 aromatic rings. The van der Waals surface area contributed by atoms with E-state index in [2.05, 4.69) is 37.2 Å². The van der Waals surface area contributed by atoms with Crippen LogP contribution in [-0.4, -0.2) is 44.1 Å². The predicted octanol–water partition coefficient (Wildman–Crippen LogP) is 3.09. The predicted molar refractivity (Wildman–Crippen MR) is 104 cm³/mol. The molecule has 0 saturated carbocycles. The van der Waals surface area contributed by atoms with Crippen molar-refractivity contribution in [3.63, 3.8) is 0 Å². The van der Waals surface area contributed by atoms with Crippen molar-refractivity contribution in [2.24, 2.45) is 10.9 Å². The molecule has 5 nitrogen and oxygen atoms in total. The van der Waals surface area contributed by atoms with E-state index < -0.39 is 0 Å². The molecule has 8 heteroatoms. The number of hydrogen-bond acceptors (Lipinski definition) is 4. The summed E-state index contributed by atoms with van der Waals surface area (Å²) >= 11 is 5.18. The molecule has 1 aliphatic heterocycles. The summed E-state index contributed by atoms with van der Waals surface area (Å²) in [4.78, 5) is 19.3. The molecule has 0 amide bonds. The van der Waals surface area contributed by atoms with Gasteiger partial charge in [-0.15, -0.1) is 35.3 Å². The van der Waals surface area contributed by atoms with Crippen molar-refractivity contribution >= 4 is 63.2 Å². The van der Waals surface area contributed by atoms with Gasteiger partial charge in [-0.25, -0.2) is 0 Å². The zero-order valence-corrected chi connectivity index (χ0v) is 17.4. The highest BCUT2D eigenvalue weighted by atomic mass is 127. The fourth-order valence-electron chi connectivity index (χ4n) is 2.44. The number of methoxy groups -OCH3 is 1. The highest BCUT2D eigenvalue weighted by molar-refractivity contribution is 14.0. The van der Waals surface area contributed by atoms with E-state index >= 15 is 0 Å². The Morgan fingerprint density at radius 3 is 2.68 bits per heavy atom. The first-order valence-corrected chi connectivity index (χ1v) is 8.52. The number of guanidine groups is 1. The first-order chi connectivity index (χ1) is 10.1. The van der Waals surface area contributed by atoms with Gasteiger partial charge in [0.1, 0.15) is 0 Å². The zero-order valence-electron chi connectivity index (χ0n) is 12.7. The molecule has 22 heavy (non-hydrogen) atoms. The molecule has 0 atom stereocenters. The van der Waals surface area contributed by atoms with Crippen LogP contribution in [0.25, 0.3) is 0 Å². The maximum absolute atomic E-state index is 11.5. The van der Waals surface area contributed by atoms with Crippen LogP contribution in [0.3, 0.4) is 0 Å². The molecule has 0 spiro atoms. The Kier molecular flexibility index (Phi) is 8.70. The Morgan fingerprint density at radius 2 is 2.18 bits per heavy atom. The number of likely N-dealkylation sites (tertiary alicyclic amines) is 1. The molecular formula is C14H21BrIN3O2S. The largest absolute Gasteiger partial charge is 0.469 e. The Balaban J connectivity index is 0.00000242. The van der Waals surface area contributed by atoms with Gasteiger partial charge in [-0.3, -0.25) is 9.79 Å². The molecule has 0 aromatic carbocycles. The summed E-state index contributed by atoms with van der Waals surface area (Å²) in [6.45, 7) is 2.42. The maximum Gasteiger partial charge on any atom is 0.308 e. The third-order valence-electron chi connectivity index (χ3n) is 3.59. The molecule has 1 saturated heterocycles. The molecule has 1 aliphatic rings. The lowest BCUT2D eigenvalue weighted by atomic mass is 9.97. The lowest BCUT2D eigenvalue weighted by molar-refractivity contribution is -0.146. The molecule has 1 aromatic heterocycles. The molecular weight excluding hydrogens is 481 g/mol. The Labute approximate surface area is 160 Å². The van der Waals surface area contributed by atoms with Crippen LogP contribution in [0, 0.1) is 5.92 Å². The first kappa shape index (κ1) is 19.7. The lowest BCUT2D eigenvalue weighted by Crippen LogP contribution is -2.46. The molecule has 0 unspecified atom stereocenters. The molecule has 0 bridgehead atoms. The second-order valence-electron chi connectivity index (χ2n) is 4.89. The number of carbonyl (C=O) groups is 1. The maximum atomic E-state index is 11.5. The SMILES string of the molecule is CN=C(NCc1ccc(Br)s1)N1CCC(C(=O)OC)CC1.I. The standard InChI is InChI=1S/C14H20BrN3O2S.HI/c1-16-14(17-9-11-3-4-12(15)21-11)18-7-5-10(6-8-18)13(19)20-2;/h3-4,10H,5-9H2,1-2H3,(H,16,17);1H. The molecule has 124 valence electrons. The topological polar surface area (TPSA) is 53.9 Å². The number of piperidine rings is 1. The van der Waals surface area contributed by atoms with E-state index in [0.717, 1.165) is 42.2 Å². The number of ether oxygens (including phenoxy) is 1. The second kappa shape index (κ2) is 9.71. The van der Waals surface area contributed by atoms with E-state index in [1.54, 1.807) is 18.4 Å². The summed E-state index contributed by atoms with van der Waals surface area (Å²) in [5.41, 5.74) is 0. The number of rotatable bonds is 3. The highest BCUT2D eigenvalue weighted by Crippen LogP contribution is 2.22. The van der Waals surface area contributed by atoms with Crippen LogP contribution >= 0.6 is 51.2 Å². The van der Waals surface area contributed by atoms with E-state index in [1.165, 1.54) is 12.0 Å². The number of nitrogens with one attached hydrogen (secondary N) is 1. The second-order valence-corrected chi connectivity index (χ2v) is 7.44. The van der Waals surface area contributed by atoms with Gasteiger partial charge in [-0.1, -0.05) is 0 Å². The van der Waals surface area contributed by atoms with Gasteiger partial charge < -0.3 is 15.0 Å². The van der Waals surface area contributed by atoms with Crippen molar-refractivity contribution < 1.29 is 9.53 Å². The molecule has 1 fully saturated rings. The third-order valence-corrected chi connectivity index (χ3v) is 5.21. The van der Waals surface area contributed by atoms with Crippen LogP contribution in [0.15, 0.2) is 20.9 Å².